The molecule has 1 aromatic heterocycles. The van der Waals surface area contributed by atoms with E-state index in [1.807, 2.05) is 62.4 Å². The summed E-state index contributed by atoms with van der Waals surface area (Å²) in [5.74, 6) is 1.08. The van der Waals surface area contributed by atoms with Crippen molar-refractivity contribution in [1.29, 1.82) is 0 Å². The standard InChI is InChI=1S/C22H21ClN2O2/c1-16-6-8-18(9-7-16)14-25(21-5-3-4-12-24-21)22(26)15-27-20-11-10-19(23)13-17(20)2/h3-13H,14-15H2,1-2H3. The third-order valence-electron chi connectivity index (χ3n) is 4.18. The van der Waals surface area contributed by atoms with Crippen LogP contribution in [0.25, 0.3) is 0 Å². The Balaban J connectivity index is 1.77. The molecule has 0 saturated heterocycles. The van der Waals surface area contributed by atoms with Crippen molar-refractivity contribution in [3.8, 4) is 5.75 Å². The van der Waals surface area contributed by atoms with Crippen LogP contribution < -0.4 is 9.64 Å². The molecule has 0 N–H and O–H groups in total. The third-order valence-corrected chi connectivity index (χ3v) is 4.41. The van der Waals surface area contributed by atoms with Gasteiger partial charge in [-0.3, -0.25) is 9.69 Å². The Morgan fingerprint density at radius 1 is 1.07 bits per heavy atom. The largest absolute Gasteiger partial charge is 0.483 e. The van der Waals surface area contributed by atoms with Crippen molar-refractivity contribution in [2.45, 2.75) is 20.4 Å². The predicted octanol–water partition coefficient (Wildman–Crippen LogP) is 4.96. The number of amides is 1. The molecule has 5 heteroatoms. The first-order valence-electron chi connectivity index (χ1n) is 8.69. The van der Waals surface area contributed by atoms with Crippen LogP contribution in [0.5, 0.6) is 5.75 Å². The van der Waals surface area contributed by atoms with Gasteiger partial charge in [0.25, 0.3) is 5.91 Å². The molecule has 3 aromatic rings. The maximum atomic E-state index is 12.9. The van der Waals surface area contributed by atoms with Crippen LogP contribution in [-0.2, 0) is 11.3 Å². The Morgan fingerprint density at radius 3 is 2.52 bits per heavy atom. The molecule has 0 spiro atoms. The van der Waals surface area contributed by atoms with Gasteiger partial charge in [-0.05, 0) is 55.3 Å². The number of pyridine rings is 1. The van der Waals surface area contributed by atoms with E-state index in [9.17, 15) is 4.79 Å². The van der Waals surface area contributed by atoms with Gasteiger partial charge in [-0.1, -0.05) is 47.5 Å². The Bertz CT molecular complexity index is 911. The third kappa shape index (κ3) is 5.08. The van der Waals surface area contributed by atoms with Crippen LogP contribution in [0.2, 0.25) is 5.02 Å². The highest BCUT2D eigenvalue weighted by Gasteiger charge is 2.18. The fourth-order valence-electron chi connectivity index (χ4n) is 2.68. The van der Waals surface area contributed by atoms with E-state index in [1.54, 1.807) is 23.2 Å². The lowest BCUT2D eigenvalue weighted by atomic mass is 10.1. The van der Waals surface area contributed by atoms with Gasteiger partial charge in [0.15, 0.2) is 6.61 Å². The molecule has 2 aromatic carbocycles. The van der Waals surface area contributed by atoms with Crippen molar-refractivity contribution < 1.29 is 9.53 Å². The Kier molecular flexibility index (Phi) is 6.09. The van der Waals surface area contributed by atoms with E-state index in [0.29, 0.717) is 23.1 Å². The quantitative estimate of drug-likeness (QED) is 0.606. The SMILES string of the molecule is Cc1ccc(CN(C(=O)COc2ccc(Cl)cc2C)c2ccccn2)cc1. The van der Waals surface area contributed by atoms with Gasteiger partial charge < -0.3 is 4.74 Å². The molecule has 0 unspecified atom stereocenters. The highest BCUT2D eigenvalue weighted by molar-refractivity contribution is 6.30. The average Bonchev–Trinajstić information content (AvgIpc) is 2.67. The second-order valence-corrected chi connectivity index (χ2v) is 6.79. The highest BCUT2D eigenvalue weighted by Crippen LogP contribution is 2.22. The first kappa shape index (κ1) is 18.9. The van der Waals surface area contributed by atoms with Crippen molar-refractivity contribution in [3.05, 3.63) is 88.6 Å². The second kappa shape index (κ2) is 8.69. The lowest BCUT2D eigenvalue weighted by molar-refractivity contribution is -0.120. The number of benzene rings is 2. The molecule has 0 saturated carbocycles. The fraction of sp³-hybridized carbons (Fsp3) is 0.182. The van der Waals surface area contributed by atoms with Crippen molar-refractivity contribution in [3.63, 3.8) is 0 Å². The van der Waals surface area contributed by atoms with E-state index in [-0.39, 0.29) is 12.5 Å². The van der Waals surface area contributed by atoms with Crippen molar-refractivity contribution in [2.75, 3.05) is 11.5 Å². The van der Waals surface area contributed by atoms with Crippen LogP contribution in [0, 0.1) is 13.8 Å². The molecular formula is C22H21ClN2O2. The van der Waals surface area contributed by atoms with Gasteiger partial charge in [0, 0.05) is 11.2 Å². The van der Waals surface area contributed by atoms with E-state index >= 15 is 0 Å². The van der Waals surface area contributed by atoms with E-state index in [2.05, 4.69) is 4.98 Å². The molecule has 4 nitrogen and oxygen atoms in total. The zero-order valence-corrected chi connectivity index (χ0v) is 16.1. The van der Waals surface area contributed by atoms with Crippen molar-refractivity contribution in [1.82, 2.24) is 4.98 Å². The van der Waals surface area contributed by atoms with Crippen molar-refractivity contribution in [2.24, 2.45) is 0 Å². The van der Waals surface area contributed by atoms with Gasteiger partial charge in [0.05, 0.1) is 6.54 Å². The number of rotatable bonds is 6. The number of halogens is 1. The summed E-state index contributed by atoms with van der Waals surface area (Å²) in [5, 5.41) is 0.639. The average molecular weight is 381 g/mol. The second-order valence-electron chi connectivity index (χ2n) is 6.35. The van der Waals surface area contributed by atoms with Crippen molar-refractivity contribution >= 4 is 23.3 Å². The van der Waals surface area contributed by atoms with Gasteiger partial charge in [-0.2, -0.15) is 0 Å². The number of anilines is 1. The van der Waals surface area contributed by atoms with E-state index in [1.165, 1.54) is 5.56 Å². The molecule has 1 amide bonds. The van der Waals surface area contributed by atoms with E-state index in [0.717, 1.165) is 11.1 Å². The summed E-state index contributed by atoms with van der Waals surface area (Å²) in [6.07, 6.45) is 1.68. The summed E-state index contributed by atoms with van der Waals surface area (Å²) in [6.45, 7) is 4.28. The van der Waals surface area contributed by atoms with Crippen LogP contribution in [-0.4, -0.2) is 17.5 Å². The first-order valence-corrected chi connectivity index (χ1v) is 9.06. The molecule has 1 heterocycles. The molecule has 0 fully saturated rings. The highest BCUT2D eigenvalue weighted by atomic mass is 35.5. The van der Waals surface area contributed by atoms with Crippen LogP contribution in [0.15, 0.2) is 66.9 Å². The van der Waals surface area contributed by atoms with Gasteiger partial charge in [-0.25, -0.2) is 4.98 Å². The monoisotopic (exact) mass is 380 g/mol. The Morgan fingerprint density at radius 2 is 1.85 bits per heavy atom. The number of hydrogen-bond acceptors (Lipinski definition) is 3. The number of carbonyl (C=O) groups excluding carboxylic acids is 1. The van der Waals surface area contributed by atoms with Gasteiger partial charge >= 0.3 is 0 Å². The Labute approximate surface area is 164 Å². The Hall–Kier alpha value is -2.85. The minimum atomic E-state index is -0.163. The molecule has 0 radical (unpaired) electrons. The minimum absolute atomic E-state index is 0.0785. The van der Waals surface area contributed by atoms with Crippen LogP contribution >= 0.6 is 11.6 Å². The normalized spacial score (nSPS) is 10.5. The summed E-state index contributed by atoms with van der Waals surface area (Å²) >= 11 is 5.97. The number of hydrogen-bond donors (Lipinski definition) is 0. The molecule has 0 aliphatic carbocycles. The number of aromatic nitrogens is 1. The summed E-state index contributed by atoms with van der Waals surface area (Å²) < 4.78 is 5.74. The van der Waals surface area contributed by atoms with Crippen LogP contribution in [0.1, 0.15) is 16.7 Å². The summed E-state index contributed by atoms with van der Waals surface area (Å²) in [5.41, 5.74) is 3.09. The number of carbonyl (C=O) groups is 1. The van der Waals surface area contributed by atoms with Gasteiger partial charge in [0.2, 0.25) is 0 Å². The van der Waals surface area contributed by atoms with E-state index < -0.39 is 0 Å². The van der Waals surface area contributed by atoms with E-state index in [4.69, 9.17) is 16.3 Å². The topological polar surface area (TPSA) is 42.4 Å². The molecule has 0 atom stereocenters. The lowest BCUT2D eigenvalue weighted by Crippen LogP contribution is -2.35. The van der Waals surface area contributed by atoms with Crippen LogP contribution in [0.4, 0.5) is 5.82 Å². The van der Waals surface area contributed by atoms with Gasteiger partial charge in [0.1, 0.15) is 11.6 Å². The molecule has 0 bridgehead atoms. The molecule has 27 heavy (non-hydrogen) atoms. The molecule has 138 valence electrons. The first-order chi connectivity index (χ1) is 13.0. The number of nitrogens with zero attached hydrogens (tertiary/aromatic N) is 2. The maximum absolute atomic E-state index is 12.9. The summed E-state index contributed by atoms with van der Waals surface area (Å²) in [7, 11) is 0. The number of aryl methyl sites for hydroxylation is 2. The number of ether oxygens (including phenoxy) is 1. The smallest absolute Gasteiger partial charge is 0.266 e. The maximum Gasteiger partial charge on any atom is 0.266 e. The zero-order chi connectivity index (χ0) is 19.2. The molecular weight excluding hydrogens is 360 g/mol. The van der Waals surface area contributed by atoms with Crippen LogP contribution in [0.3, 0.4) is 0 Å². The fourth-order valence-corrected chi connectivity index (χ4v) is 2.91. The predicted molar refractivity (Wildman–Crippen MR) is 108 cm³/mol. The summed E-state index contributed by atoms with van der Waals surface area (Å²) in [6, 6.07) is 18.9. The molecule has 3 rings (SSSR count). The minimum Gasteiger partial charge on any atom is -0.483 e. The molecule has 0 aliphatic heterocycles. The lowest BCUT2D eigenvalue weighted by Gasteiger charge is -2.22. The van der Waals surface area contributed by atoms with Gasteiger partial charge in [-0.15, -0.1) is 0 Å². The summed E-state index contributed by atoms with van der Waals surface area (Å²) in [4.78, 5) is 18.9. The molecule has 0 aliphatic rings. The zero-order valence-electron chi connectivity index (χ0n) is 15.4.